The minimum Gasteiger partial charge on any atom is -0.388 e. The van der Waals surface area contributed by atoms with E-state index < -0.39 is 6.10 Å². The molecule has 1 heterocycles. The third kappa shape index (κ3) is 2.97. The second kappa shape index (κ2) is 5.34. The SMILES string of the molecule is Cc1ccc(C)c(C(O)Cc2sccc2Br)c1. The molecule has 0 saturated carbocycles. The van der Waals surface area contributed by atoms with Crippen LogP contribution in [-0.4, -0.2) is 5.11 Å². The van der Waals surface area contributed by atoms with Crippen LogP contribution in [0.1, 0.15) is 27.7 Å². The highest BCUT2D eigenvalue weighted by molar-refractivity contribution is 9.10. The molecule has 0 aliphatic heterocycles. The second-order valence-electron chi connectivity index (χ2n) is 4.27. The van der Waals surface area contributed by atoms with E-state index in [-0.39, 0.29) is 0 Å². The lowest BCUT2D eigenvalue weighted by Crippen LogP contribution is -2.03. The fraction of sp³-hybridized carbons (Fsp3) is 0.286. The van der Waals surface area contributed by atoms with Crippen LogP contribution in [0.5, 0.6) is 0 Å². The number of hydrogen-bond acceptors (Lipinski definition) is 2. The van der Waals surface area contributed by atoms with Gasteiger partial charge < -0.3 is 5.11 Å². The lowest BCUT2D eigenvalue weighted by atomic mass is 9.98. The minimum absolute atomic E-state index is 0.426. The second-order valence-corrected chi connectivity index (χ2v) is 6.13. The van der Waals surface area contributed by atoms with E-state index in [9.17, 15) is 5.11 Å². The number of aryl methyl sites for hydroxylation is 2. The Morgan fingerprint density at radius 2 is 2.06 bits per heavy atom. The Morgan fingerprint density at radius 1 is 1.29 bits per heavy atom. The van der Waals surface area contributed by atoms with Crippen LogP contribution >= 0.6 is 27.3 Å². The first kappa shape index (κ1) is 12.8. The molecule has 0 bridgehead atoms. The summed E-state index contributed by atoms with van der Waals surface area (Å²) in [6.45, 7) is 4.10. The van der Waals surface area contributed by atoms with Crippen LogP contribution in [0.4, 0.5) is 0 Å². The van der Waals surface area contributed by atoms with E-state index in [4.69, 9.17) is 0 Å². The minimum atomic E-state index is -0.426. The van der Waals surface area contributed by atoms with Gasteiger partial charge >= 0.3 is 0 Å². The summed E-state index contributed by atoms with van der Waals surface area (Å²) in [6.07, 6.45) is 0.243. The van der Waals surface area contributed by atoms with Gasteiger partial charge in [-0.2, -0.15) is 0 Å². The molecule has 0 fully saturated rings. The molecule has 1 nitrogen and oxygen atoms in total. The summed E-state index contributed by atoms with van der Waals surface area (Å²) in [4.78, 5) is 1.19. The van der Waals surface area contributed by atoms with Crippen molar-refractivity contribution in [3.05, 3.63) is 55.7 Å². The molecule has 1 atom stereocenters. The number of aliphatic hydroxyl groups excluding tert-OH is 1. The number of aliphatic hydroxyl groups is 1. The van der Waals surface area contributed by atoms with Gasteiger partial charge in [-0.05, 0) is 52.4 Å². The van der Waals surface area contributed by atoms with Crippen LogP contribution < -0.4 is 0 Å². The number of thiophene rings is 1. The first-order valence-corrected chi connectivity index (χ1v) is 7.22. The van der Waals surface area contributed by atoms with Gasteiger partial charge in [0.25, 0.3) is 0 Å². The summed E-state index contributed by atoms with van der Waals surface area (Å²) in [5.41, 5.74) is 3.37. The summed E-state index contributed by atoms with van der Waals surface area (Å²) >= 11 is 5.18. The smallest absolute Gasteiger partial charge is 0.0841 e. The lowest BCUT2D eigenvalue weighted by molar-refractivity contribution is 0.178. The van der Waals surface area contributed by atoms with Crippen LogP contribution in [-0.2, 0) is 6.42 Å². The van der Waals surface area contributed by atoms with Crippen molar-refractivity contribution in [2.24, 2.45) is 0 Å². The van der Waals surface area contributed by atoms with E-state index >= 15 is 0 Å². The quantitative estimate of drug-likeness (QED) is 0.890. The molecule has 0 aliphatic carbocycles. The van der Waals surface area contributed by atoms with Crippen molar-refractivity contribution in [1.82, 2.24) is 0 Å². The van der Waals surface area contributed by atoms with E-state index in [1.807, 2.05) is 18.4 Å². The molecule has 0 radical (unpaired) electrons. The third-order valence-electron chi connectivity index (χ3n) is 2.86. The molecule has 0 spiro atoms. The van der Waals surface area contributed by atoms with Crippen LogP contribution in [0, 0.1) is 13.8 Å². The van der Waals surface area contributed by atoms with Crippen LogP contribution in [0.25, 0.3) is 0 Å². The molecule has 0 aliphatic rings. The van der Waals surface area contributed by atoms with Crippen molar-refractivity contribution in [1.29, 1.82) is 0 Å². The Bertz CT molecular complexity index is 519. The van der Waals surface area contributed by atoms with E-state index in [0.29, 0.717) is 6.42 Å². The van der Waals surface area contributed by atoms with E-state index in [1.54, 1.807) is 11.3 Å². The van der Waals surface area contributed by atoms with Crippen LogP contribution in [0.3, 0.4) is 0 Å². The molecule has 90 valence electrons. The normalized spacial score (nSPS) is 12.7. The molecule has 3 heteroatoms. The van der Waals surface area contributed by atoms with Crippen molar-refractivity contribution in [3.8, 4) is 0 Å². The van der Waals surface area contributed by atoms with Crippen molar-refractivity contribution in [2.45, 2.75) is 26.4 Å². The van der Waals surface area contributed by atoms with Crippen molar-refractivity contribution < 1.29 is 5.11 Å². The molecule has 1 aromatic heterocycles. The first-order valence-electron chi connectivity index (χ1n) is 5.55. The molecule has 1 aromatic carbocycles. The highest BCUT2D eigenvalue weighted by atomic mass is 79.9. The monoisotopic (exact) mass is 310 g/mol. The van der Waals surface area contributed by atoms with Gasteiger partial charge in [-0.1, -0.05) is 23.8 Å². The Balaban J connectivity index is 2.23. The van der Waals surface area contributed by atoms with E-state index in [1.165, 1.54) is 10.4 Å². The maximum Gasteiger partial charge on any atom is 0.0841 e. The molecule has 2 rings (SSSR count). The summed E-state index contributed by atoms with van der Waals surface area (Å²) in [6, 6.07) is 8.24. The third-order valence-corrected chi connectivity index (χ3v) is 4.81. The first-order chi connectivity index (χ1) is 8.08. The number of halogens is 1. The zero-order valence-electron chi connectivity index (χ0n) is 9.90. The van der Waals surface area contributed by atoms with Crippen molar-refractivity contribution >= 4 is 27.3 Å². The predicted octanol–water partition coefficient (Wildman–Crippen LogP) is 4.40. The van der Waals surface area contributed by atoms with Gasteiger partial charge in [0, 0.05) is 15.8 Å². The molecular formula is C14H15BrOS. The van der Waals surface area contributed by atoms with Gasteiger partial charge in [-0.25, -0.2) is 0 Å². The molecule has 2 aromatic rings. The number of benzene rings is 1. The topological polar surface area (TPSA) is 20.2 Å². The zero-order chi connectivity index (χ0) is 12.4. The summed E-state index contributed by atoms with van der Waals surface area (Å²) in [5.74, 6) is 0. The standard InChI is InChI=1S/C14H15BrOS/c1-9-3-4-10(2)11(7-9)13(16)8-14-12(15)5-6-17-14/h3-7,13,16H,8H2,1-2H3. The van der Waals surface area contributed by atoms with Gasteiger partial charge in [0.05, 0.1) is 6.10 Å². The van der Waals surface area contributed by atoms with Gasteiger partial charge in [0.1, 0.15) is 0 Å². The molecule has 1 N–H and O–H groups in total. The van der Waals surface area contributed by atoms with Crippen molar-refractivity contribution in [3.63, 3.8) is 0 Å². The Kier molecular flexibility index (Phi) is 4.02. The summed E-state index contributed by atoms with van der Waals surface area (Å²) < 4.78 is 1.09. The maximum atomic E-state index is 10.3. The largest absolute Gasteiger partial charge is 0.388 e. The molecule has 17 heavy (non-hydrogen) atoms. The van der Waals surface area contributed by atoms with Crippen LogP contribution in [0.15, 0.2) is 34.1 Å². The van der Waals surface area contributed by atoms with Gasteiger partial charge in [0.15, 0.2) is 0 Å². The van der Waals surface area contributed by atoms with Crippen molar-refractivity contribution in [2.75, 3.05) is 0 Å². The molecule has 0 saturated heterocycles. The lowest BCUT2D eigenvalue weighted by Gasteiger charge is -2.14. The number of hydrogen-bond donors (Lipinski definition) is 1. The van der Waals surface area contributed by atoms with Gasteiger partial charge in [-0.3, -0.25) is 0 Å². The number of rotatable bonds is 3. The van der Waals surface area contributed by atoms with E-state index in [0.717, 1.165) is 15.6 Å². The zero-order valence-corrected chi connectivity index (χ0v) is 12.3. The Morgan fingerprint density at radius 3 is 2.71 bits per heavy atom. The molecule has 0 amide bonds. The maximum absolute atomic E-state index is 10.3. The molecule has 1 unspecified atom stereocenters. The van der Waals surface area contributed by atoms with Gasteiger partial charge in [0.2, 0.25) is 0 Å². The Labute approximate surface area is 114 Å². The van der Waals surface area contributed by atoms with E-state index in [2.05, 4.69) is 41.1 Å². The summed E-state index contributed by atoms with van der Waals surface area (Å²) in [7, 11) is 0. The van der Waals surface area contributed by atoms with Crippen LogP contribution in [0.2, 0.25) is 0 Å². The molecular weight excluding hydrogens is 296 g/mol. The predicted molar refractivity (Wildman–Crippen MR) is 76.6 cm³/mol. The fourth-order valence-corrected chi connectivity index (χ4v) is 3.43. The summed E-state index contributed by atoms with van der Waals surface area (Å²) in [5, 5.41) is 12.3. The fourth-order valence-electron chi connectivity index (χ4n) is 1.88. The highest BCUT2D eigenvalue weighted by Crippen LogP contribution is 2.29. The van der Waals surface area contributed by atoms with Gasteiger partial charge in [-0.15, -0.1) is 11.3 Å². The highest BCUT2D eigenvalue weighted by Gasteiger charge is 2.13. The average Bonchev–Trinajstić information content (AvgIpc) is 2.68. The average molecular weight is 311 g/mol. The Hall–Kier alpha value is -0.640.